The van der Waals surface area contributed by atoms with Gasteiger partial charge in [-0.3, -0.25) is 14.9 Å². The second-order valence-electron chi connectivity index (χ2n) is 4.16. The lowest BCUT2D eigenvalue weighted by Gasteiger charge is -2.26. The van der Waals surface area contributed by atoms with E-state index >= 15 is 0 Å². The van der Waals surface area contributed by atoms with Gasteiger partial charge in [-0.25, -0.2) is 4.98 Å². The van der Waals surface area contributed by atoms with E-state index in [1.165, 1.54) is 11.3 Å². The zero-order chi connectivity index (χ0) is 13.1. The van der Waals surface area contributed by atoms with Crippen LogP contribution in [-0.2, 0) is 9.59 Å². The van der Waals surface area contributed by atoms with Crippen molar-refractivity contribution in [1.29, 1.82) is 0 Å². The van der Waals surface area contributed by atoms with E-state index in [1.54, 1.807) is 4.90 Å². The summed E-state index contributed by atoms with van der Waals surface area (Å²) in [5.74, 6) is -1.09. The summed E-state index contributed by atoms with van der Waals surface area (Å²) in [7, 11) is 0. The number of aryl methyl sites for hydroxylation is 2. The molecule has 1 fully saturated rings. The quantitative estimate of drug-likeness (QED) is 0.710. The van der Waals surface area contributed by atoms with Crippen LogP contribution in [0.3, 0.4) is 0 Å². The standard InChI is InChI=1S/C11H16N4O2S/c1-7-8(2)18-11(13-7)14-9(16)10(17)15-5-3-12-4-6-15/h12H,3-6H2,1-2H3,(H,13,14,16). The molecule has 0 unspecified atom stereocenters. The minimum Gasteiger partial charge on any atom is -0.332 e. The van der Waals surface area contributed by atoms with E-state index in [9.17, 15) is 9.59 Å². The summed E-state index contributed by atoms with van der Waals surface area (Å²) in [4.78, 5) is 30.4. The smallest absolute Gasteiger partial charge is 0.315 e. The monoisotopic (exact) mass is 268 g/mol. The fourth-order valence-corrected chi connectivity index (χ4v) is 2.50. The summed E-state index contributed by atoms with van der Waals surface area (Å²) in [6, 6.07) is 0. The highest BCUT2D eigenvalue weighted by Crippen LogP contribution is 2.20. The van der Waals surface area contributed by atoms with E-state index in [-0.39, 0.29) is 0 Å². The van der Waals surface area contributed by atoms with Gasteiger partial charge in [-0.05, 0) is 13.8 Å². The van der Waals surface area contributed by atoms with Crippen LogP contribution >= 0.6 is 11.3 Å². The van der Waals surface area contributed by atoms with Gasteiger partial charge in [0, 0.05) is 31.1 Å². The fourth-order valence-electron chi connectivity index (χ4n) is 1.69. The van der Waals surface area contributed by atoms with Gasteiger partial charge in [0.25, 0.3) is 0 Å². The summed E-state index contributed by atoms with van der Waals surface area (Å²) in [6.07, 6.45) is 0. The van der Waals surface area contributed by atoms with E-state index in [0.717, 1.165) is 23.7 Å². The van der Waals surface area contributed by atoms with E-state index < -0.39 is 11.8 Å². The predicted octanol–water partition coefficient (Wildman–Crippen LogP) is 0.130. The first-order valence-corrected chi connectivity index (χ1v) is 6.64. The Hall–Kier alpha value is -1.47. The second kappa shape index (κ2) is 5.45. The van der Waals surface area contributed by atoms with Crippen LogP contribution in [0.15, 0.2) is 0 Å². The Kier molecular flexibility index (Phi) is 3.93. The van der Waals surface area contributed by atoms with Crippen LogP contribution in [0, 0.1) is 13.8 Å². The molecule has 2 rings (SSSR count). The third kappa shape index (κ3) is 2.85. The molecular weight excluding hydrogens is 252 g/mol. The molecule has 1 saturated heterocycles. The molecule has 0 aliphatic carbocycles. The van der Waals surface area contributed by atoms with E-state index in [4.69, 9.17) is 0 Å². The summed E-state index contributed by atoms with van der Waals surface area (Å²) >= 11 is 1.38. The maximum Gasteiger partial charge on any atom is 0.315 e. The van der Waals surface area contributed by atoms with Gasteiger partial charge in [0.1, 0.15) is 0 Å². The van der Waals surface area contributed by atoms with Crippen molar-refractivity contribution in [2.24, 2.45) is 0 Å². The SMILES string of the molecule is Cc1nc(NC(=O)C(=O)N2CCNCC2)sc1C. The molecular formula is C11H16N4O2S. The molecule has 7 heteroatoms. The van der Waals surface area contributed by atoms with Crippen molar-refractivity contribution in [3.05, 3.63) is 10.6 Å². The lowest BCUT2D eigenvalue weighted by Crippen LogP contribution is -2.49. The van der Waals surface area contributed by atoms with Crippen molar-refractivity contribution in [3.8, 4) is 0 Å². The van der Waals surface area contributed by atoms with Crippen molar-refractivity contribution in [3.63, 3.8) is 0 Å². The highest BCUT2D eigenvalue weighted by Gasteiger charge is 2.23. The van der Waals surface area contributed by atoms with Crippen molar-refractivity contribution in [2.75, 3.05) is 31.5 Å². The van der Waals surface area contributed by atoms with Crippen LogP contribution in [0.2, 0.25) is 0 Å². The van der Waals surface area contributed by atoms with E-state index in [2.05, 4.69) is 15.6 Å². The number of hydrogen-bond donors (Lipinski definition) is 2. The van der Waals surface area contributed by atoms with Crippen LogP contribution in [0.25, 0.3) is 0 Å². The van der Waals surface area contributed by atoms with Crippen LogP contribution in [0.4, 0.5) is 5.13 Å². The Balaban J connectivity index is 1.96. The molecule has 0 spiro atoms. The first-order valence-electron chi connectivity index (χ1n) is 5.83. The van der Waals surface area contributed by atoms with E-state index in [0.29, 0.717) is 18.2 Å². The minimum absolute atomic E-state index is 0.484. The normalized spacial score (nSPS) is 15.6. The molecule has 1 aliphatic heterocycles. The number of nitrogens with zero attached hydrogens (tertiary/aromatic N) is 2. The first-order chi connectivity index (χ1) is 8.58. The average molecular weight is 268 g/mol. The topological polar surface area (TPSA) is 74.3 Å². The molecule has 1 aliphatic rings. The summed E-state index contributed by atoms with van der Waals surface area (Å²) in [6.45, 7) is 6.41. The van der Waals surface area contributed by atoms with Gasteiger partial charge in [-0.1, -0.05) is 0 Å². The molecule has 0 aromatic carbocycles. The average Bonchev–Trinajstić information content (AvgIpc) is 2.68. The zero-order valence-corrected chi connectivity index (χ0v) is 11.3. The summed E-state index contributed by atoms with van der Waals surface area (Å²) in [5.41, 5.74) is 0.880. The number of rotatable bonds is 1. The molecule has 0 atom stereocenters. The number of aromatic nitrogens is 1. The molecule has 0 bridgehead atoms. The number of carbonyl (C=O) groups excluding carboxylic acids is 2. The first kappa shape index (κ1) is 13.0. The molecule has 2 heterocycles. The lowest BCUT2D eigenvalue weighted by molar-refractivity contribution is -0.143. The largest absolute Gasteiger partial charge is 0.332 e. The molecule has 0 saturated carbocycles. The number of carbonyl (C=O) groups is 2. The molecule has 18 heavy (non-hydrogen) atoms. The maximum atomic E-state index is 11.9. The Morgan fingerprint density at radius 2 is 2.00 bits per heavy atom. The highest BCUT2D eigenvalue weighted by molar-refractivity contribution is 7.15. The van der Waals surface area contributed by atoms with Crippen molar-refractivity contribution >= 4 is 28.3 Å². The Morgan fingerprint density at radius 1 is 1.33 bits per heavy atom. The van der Waals surface area contributed by atoms with E-state index in [1.807, 2.05) is 13.8 Å². The van der Waals surface area contributed by atoms with Crippen molar-refractivity contribution in [2.45, 2.75) is 13.8 Å². The Labute approximate surface area is 109 Å². The molecule has 98 valence electrons. The van der Waals surface area contributed by atoms with Crippen molar-refractivity contribution < 1.29 is 9.59 Å². The number of hydrogen-bond acceptors (Lipinski definition) is 5. The van der Waals surface area contributed by atoms with Crippen LogP contribution < -0.4 is 10.6 Å². The van der Waals surface area contributed by atoms with Crippen molar-refractivity contribution in [1.82, 2.24) is 15.2 Å². The Morgan fingerprint density at radius 3 is 2.56 bits per heavy atom. The fraction of sp³-hybridized carbons (Fsp3) is 0.545. The van der Waals surface area contributed by atoms with Gasteiger partial charge in [0.15, 0.2) is 5.13 Å². The van der Waals surface area contributed by atoms with Crippen LogP contribution in [0.5, 0.6) is 0 Å². The van der Waals surface area contributed by atoms with Crippen LogP contribution in [-0.4, -0.2) is 47.9 Å². The zero-order valence-electron chi connectivity index (χ0n) is 10.4. The number of anilines is 1. The van der Waals surface area contributed by atoms with Gasteiger partial charge in [0.05, 0.1) is 5.69 Å². The van der Waals surface area contributed by atoms with Gasteiger partial charge >= 0.3 is 11.8 Å². The van der Waals surface area contributed by atoms with Crippen LogP contribution in [0.1, 0.15) is 10.6 Å². The minimum atomic E-state index is -0.606. The second-order valence-corrected chi connectivity index (χ2v) is 5.36. The molecule has 2 amide bonds. The third-order valence-corrected chi connectivity index (χ3v) is 3.84. The van der Waals surface area contributed by atoms with Gasteiger partial charge in [-0.15, -0.1) is 11.3 Å². The molecule has 1 aromatic heterocycles. The van der Waals surface area contributed by atoms with Gasteiger partial charge in [0.2, 0.25) is 0 Å². The Bertz CT molecular complexity index is 446. The lowest BCUT2D eigenvalue weighted by atomic mass is 10.3. The van der Waals surface area contributed by atoms with Gasteiger partial charge in [-0.2, -0.15) is 0 Å². The molecule has 1 aromatic rings. The predicted molar refractivity (Wildman–Crippen MR) is 69.7 cm³/mol. The maximum absolute atomic E-state index is 11.9. The molecule has 2 N–H and O–H groups in total. The number of piperazine rings is 1. The molecule has 6 nitrogen and oxygen atoms in total. The highest BCUT2D eigenvalue weighted by atomic mass is 32.1. The van der Waals surface area contributed by atoms with Gasteiger partial charge < -0.3 is 10.2 Å². The molecule has 0 radical (unpaired) electrons. The summed E-state index contributed by atoms with van der Waals surface area (Å²) < 4.78 is 0. The number of thiazole rings is 1. The third-order valence-electron chi connectivity index (χ3n) is 2.85. The number of amides is 2. The summed E-state index contributed by atoms with van der Waals surface area (Å²) in [5, 5.41) is 6.18. The number of nitrogens with one attached hydrogen (secondary N) is 2.